The number of rotatable bonds is 7. The van der Waals surface area contributed by atoms with Crippen molar-refractivity contribution in [2.24, 2.45) is 0 Å². The topological polar surface area (TPSA) is 108 Å². The number of aromatic carboxylic acids is 1. The molecule has 162 valence electrons. The van der Waals surface area contributed by atoms with Crippen LogP contribution in [0.25, 0.3) is 6.08 Å². The second-order valence-electron chi connectivity index (χ2n) is 6.59. The molecule has 0 aliphatic rings. The van der Waals surface area contributed by atoms with Gasteiger partial charge in [0.2, 0.25) is 0 Å². The number of carboxylic acid groups (broad SMARTS) is 1. The van der Waals surface area contributed by atoms with Gasteiger partial charge in [-0.15, -0.1) is 0 Å². The van der Waals surface area contributed by atoms with Crippen LogP contribution in [0.3, 0.4) is 0 Å². The monoisotopic (exact) mass is 449 g/mol. The predicted octanol–water partition coefficient (Wildman–Crippen LogP) is 3.12. The Morgan fingerprint density at radius 3 is 2.34 bits per heavy atom. The van der Waals surface area contributed by atoms with E-state index in [2.05, 4.69) is 10.6 Å². The van der Waals surface area contributed by atoms with Gasteiger partial charge in [0, 0.05) is 5.69 Å². The van der Waals surface area contributed by atoms with Gasteiger partial charge in [0.1, 0.15) is 11.4 Å². The number of nitrogens with one attached hydrogen (secondary N) is 2. The highest BCUT2D eigenvalue weighted by Gasteiger charge is 2.17. The van der Waals surface area contributed by atoms with Gasteiger partial charge in [-0.25, -0.2) is 0 Å². The van der Waals surface area contributed by atoms with Crippen LogP contribution in [0.15, 0.2) is 78.5 Å². The Morgan fingerprint density at radius 2 is 1.69 bits per heavy atom. The van der Waals surface area contributed by atoms with E-state index in [4.69, 9.17) is 16.3 Å². The highest BCUT2D eigenvalue weighted by molar-refractivity contribution is 6.34. The molecule has 0 aliphatic heterocycles. The van der Waals surface area contributed by atoms with Crippen LogP contribution >= 0.6 is 11.6 Å². The SMILES string of the molecule is COc1ccc(/C=C(\NC(=O)c2ccccc2Cl)C(=O)Nc2cccc(C(=O)[O-])c2)cc1. The summed E-state index contributed by atoms with van der Waals surface area (Å²) in [6, 6.07) is 18.9. The smallest absolute Gasteiger partial charge is 0.272 e. The first-order valence-corrected chi connectivity index (χ1v) is 9.79. The number of hydrogen-bond acceptors (Lipinski definition) is 5. The maximum absolute atomic E-state index is 13.0. The number of carboxylic acids is 1. The van der Waals surface area contributed by atoms with Crippen molar-refractivity contribution in [3.8, 4) is 5.75 Å². The van der Waals surface area contributed by atoms with Gasteiger partial charge < -0.3 is 25.3 Å². The van der Waals surface area contributed by atoms with Crippen molar-refractivity contribution < 1.29 is 24.2 Å². The first kappa shape index (κ1) is 22.6. The van der Waals surface area contributed by atoms with Crippen molar-refractivity contribution in [2.45, 2.75) is 0 Å². The van der Waals surface area contributed by atoms with Crippen molar-refractivity contribution in [3.63, 3.8) is 0 Å². The maximum atomic E-state index is 13.0. The lowest BCUT2D eigenvalue weighted by atomic mass is 10.1. The summed E-state index contributed by atoms with van der Waals surface area (Å²) in [5, 5.41) is 16.5. The Balaban J connectivity index is 1.91. The predicted molar refractivity (Wildman–Crippen MR) is 119 cm³/mol. The van der Waals surface area contributed by atoms with Crippen LogP contribution in [0, 0.1) is 0 Å². The molecule has 2 amide bonds. The second-order valence-corrected chi connectivity index (χ2v) is 6.99. The van der Waals surface area contributed by atoms with Gasteiger partial charge in [0.05, 0.1) is 23.7 Å². The molecule has 0 radical (unpaired) electrons. The summed E-state index contributed by atoms with van der Waals surface area (Å²) >= 11 is 6.10. The van der Waals surface area contributed by atoms with Crippen LogP contribution in [0.5, 0.6) is 5.75 Å². The third kappa shape index (κ3) is 5.74. The molecule has 8 heteroatoms. The van der Waals surface area contributed by atoms with Crippen LogP contribution in [-0.2, 0) is 4.79 Å². The molecule has 0 spiro atoms. The second kappa shape index (κ2) is 10.3. The fraction of sp³-hybridized carbons (Fsp3) is 0.0417. The van der Waals surface area contributed by atoms with Crippen LogP contribution in [0.2, 0.25) is 5.02 Å². The van der Waals surface area contributed by atoms with E-state index in [0.717, 1.165) is 0 Å². The quantitative estimate of drug-likeness (QED) is 0.539. The zero-order chi connectivity index (χ0) is 23.1. The molecule has 3 rings (SSSR count). The number of carbonyl (C=O) groups excluding carboxylic acids is 3. The minimum atomic E-state index is -1.37. The van der Waals surface area contributed by atoms with Crippen molar-refractivity contribution in [1.29, 1.82) is 0 Å². The largest absolute Gasteiger partial charge is 0.545 e. The molecule has 0 saturated heterocycles. The van der Waals surface area contributed by atoms with E-state index in [1.54, 1.807) is 42.5 Å². The van der Waals surface area contributed by atoms with Crippen LogP contribution in [-0.4, -0.2) is 24.9 Å². The minimum Gasteiger partial charge on any atom is -0.545 e. The third-order valence-electron chi connectivity index (χ3n) is 4.39. The number of ether oxygens (including phenoxy) is 1. The molecule has 0 atom stereocenters. The van der Waals surface area contributed by atoms with Crippen molar-refractivity contribution in [1.82, 2.24) is 5.32 Å². The lowest BCUT2D eigenvalue weighted by Crippen LogP contribution is -2.31. The van der Waals surface area contributed by atoms with Crippen LogP contribution in [0.1, 0.15) is 26.3 Å². The van der Waals surface area contributed by atoms with E-state index in [0.29, 0.717) is 11.3 Å². The Bertz CT molecular complexity index is 1190. The molecule has 0 aliphatic carbocycles. The van der Waals surface area contributed by atoms with Gasteiger partial charge in [-0.3, -0.25) is 9.59 Å². The molecule has 0 fully saturated rings. The fourth-order valence-corrected chi connectivity index (χ4v) is 3.00. The first-order chi connectivity index (χ1) is 15.4. The van der Waals surface area contributed by atoms with Gasteiger partial charge in [-0.05, 0) is 53.6 Å². The Kier molecular flexibility index (Phi) is 7.25. The van der Waals surface area contributed by atoms with Gasteiger partial charge in [-0.2, -0.15) is 0 Å². The van der Waals surface area contributed by atoms with Crippen molar-refractivity contribution in [2.75, 3.05) is 12.4 Å². The van der Waals surface area contributed by atoms with Gasteiger partial charge >= 0.3 is 0 Å². The number of benzene rings is 3. The minimum absolute atomic E-state index is 0.0704. The molecule has 7 nitrogen and oxygen atoms in total. The van der Waals surface area contributed by atoms with E-state index >= 15 is 0 Å². The molecule has 0 aromatic heterocycles. The molecule has 0 unspecified atom stereocenters. The van der Waals surface area contributed by atoms with Crippen LogP contribution < -0.4 is 20.5 Å². The van der Waals surface area contributed by atoms with E-state index in [-0.39, 0.29) is 27.5 Å². The summed E-state index contributed by atoms with van der Waals surface area (Å²) in [4.78, 5) is 36.8. The lowest BCUT2D eigenvalue weighted by molar-refractivity contribution is -0.255. The standard InChI is InChI=1S/C24H19ClN2O5/c1-32-18-11-9-15(10-12-18)13-21(27-22(28)19-7-2-3-8-20(19)25)23(29)26-17-6-4-5-16(14-17)24(30)31/h2-14H,1H3,(H,26,29)(H,27,28)(H,30,31)/p-1/b21-13-. The molecule has 0 heterocycles. The summed E-state index contributed by atoms with van der Waals surface area (Å²) in [6.07, 6.45) is 1.48. The molecular weight excluding hydrogens is 432 g/mol. The number of methoxy groups -OCH3 is 1. The van der Waals surface area contributed by atoms with Gasteiger partial charge in [0.15, 0.2) is 0 Å². The fourth-order valence-electron chi connectivity index (χ4n) is 2.78. The molecule has 3 aromatic carbocycles. The molecule has 0 saturated carbocycles. The van der Waals surface area contributed by atoms with Crippen LogP contribution in [0.4, 0.5) is 5.69 Å². The van der Waals surface area contributed by atoms with Crippen molar-refractivity contribution >= 4 is 41.1 Å². The number of amides is 2. The third-order valence-corrected chi connectivity index (χ3v) is 4.72. The Hall–Kier alpha value is -4.10. The summed E-state index contributed by atoms with van der Waals surface area (Å²) in [6.45, 7) is 0. The highest BCUT2D eigenvalue weighted by Crippen LogP contribution is 2.18. The first-order valence-electron chi connectivity index (χ1n) is 9.42. The highest BCUT2D eigenvalue weighted by atomic mass is 35.5. The number of anilines is 1. The molecule has 0 bridgehead atoms. The average molecular weight is 450 g/mol. The average Bonchev–Trinajstić information content (AvgIpc) is 2.79. The summed E-state index contributed by atoms with van der Waals surface area (Å²) in [7, 11) is 1.54. The zero-order valence-electron chi connectivity index (χ0n) is 16.9. The summed E-state index contributed by atoms with van der Waals surface area (Å²) < 4.78 is 5.13. The van der Waals surface area contributed by atoms with E-state index in [1.165, 1.54) is 43.5 Å². The Morgan fingerprint density at radius 1 is 0.969 bits per heavy atom. The molecule has 32 heavy (non-hydrogen) atoms. The van der Waals surface area contributed by atoms with E-state index < -0.39 is 17.8 Å². The van der Waals surface area contributed by atoms with E-state index in [1.807, 2.05) is 0 Å². The molecular formula is C24H18ClN2O5-. The number of hydrogen-bond donors (Lipinski definition) is 2. The number of carbonyl (C=O) groups is 3. The summed E-state index contributed by atoms with van der Waals surface area (Å²) in [5.41, 5.74) is 0.882. The lowest BCUT2D eigenvalue weighted by Gasteiger charge is -2.13. The van der Waals surface area contributed by atoms with E-state index in [9.17, 15) is 19.5 Å². The number of halogens is 1. The van der Waals surface area contributed by atoms with Gasteiger partial charge in [-0.1, -0.05) is 48.0 Å². The van der Waals surface area contributed by atoms with Gasteiger partial charge in [0.25, 0.3) is 11.8 Å². The van der Waals surface area contributed by atoms with Crippen molar-refractivity contribution in [3.05, 3.63) is 100 Å². The zero-order valence-corrected chi connectivity index (χ0v) is 17.7. The summed E-state index contributed by atoms with van der Waals surface area (Å²) in [5.74, 6) is -1.97. The normalized spacial score (nSPS) is 10.9. The molecule has 3 aromatic rings. The Labute approximate surface area is 189 Å². The molecule has 2 N–H and O–H groups in total. The maximum Gasteiger partial charge on any atom is 0.272 e.